The molecule has 4 atom stereocenters. The van der Waals surface area contributed by atoms with Gasteiger partial charge in [0.05, 0.1) is 17.5 Å². The molecule has 2 aliphatic carbocycles. The Balaban J connectivity index is 1.69. The Morgan fingerprint density at radius 3 is 2.88 bits per heavy atom. The van der Waals surface area contributed by atoms with Gasteiger partial charge in [-0.15, -0.1) is 0 Å². The first-order chi connectivity index (χ1) is 11.8. The normalized spacial score (nSPS) is 38.0. The van der Waals surface area contributed by atoms with Crippen LogP contribution in [0.4, 0.5) is 0 Å². The van der Waals surface area contributed by atoms with Gasteiger partial charge in [-0.25, -0.2) is 4.98 Å². The van der Waals surface area contributed by atoms with Crippen molar-refractivity contribution in [3.05, 3.63) is 22.2 Å². The predicted octanol–water partition coefficient (Wildman–Crippen LogP) is 4.34. The van der Waals surface area contributed by atoms with Crippen molar-refractivity contribution in [2.75, 3.05) is 0 Å². The van der Waals surface area contributed by atoms with Crippen molar-refractivity contribution in [1.29, 1.82) is 0 Å². The summed E-state index contributed by atoms with van der Waals surface area (Å²) < 4.78 is 9.08. The van der Waals surface area contributed by atoms with E-state index in [-0.39, 0.29) is 17.1 Å². The molecule has 2 fully saturated rings. The molecule has 5 heteroatoms. The van der Waals surface area contributed by atoms with E-state index in [1.807, 2.05) is 0 Å². The highest BCUT2D eigenvalue weighted by Gasteiger charge is 2.50. The van der Waals surface area contributed by atoms with Crippen molar-refractivity contribution < 1.29 is 4.74 Å². The maximum Gasteiger partial charge on any atom is 0.141 e. The second-order valence-corrected chi connectivity index (χ2v) is 9.12. The molecular weight excluding hydrogens is 334 g/mol. The first-order valence-corrected chi connectivity index (χ1v) is 10.1. The number of halogens is 1. The van der Waals surface area contributed by atoms with Crippen molar-refractivity contribution in [2.24, 2.45) is 11.1 Å². The van der Waals surface area contributed by atoms with Crippen LogP contribution in [0.15, 0.2) is 5.03 Å². The van der Waals surface area contributed by atoms with Crippen LogP contribution in [-0.4, -0.2) is 21.7 Å². The summed E-state index contributed by atoms with van der Waals surface area (Å²) in [5.74, 6) is 1.08. The van der Waals surface area contributed by atoms with E-state index in [1.165, 1.54) is 11.4 Å². The van der Waals surface area contributed by atoms with Gasteiger partial charge in [0.1, 0.15) is 11.4 Å². The Morgan fingerprint density at radius 2 is 2.12 bits per heavy atom. The molecule has 1 aromatic rings. The number of hydrogen-bond donors (Lipinski definition) is 1. The molecule has 0 radical (unpaired) electrons. The molecule has 3 aliphatic rings. The first-order valence-electron chi connectivity index (χ1n) is 9.74. The Hall–Kier alpha value is -0.840. The first kappa shape index (κ1) is 17.6. The SMILES string of the molecule is CCn1c(C2(C)CCC3(C)CC(N)CCC3O2)nc2c1C=C(Cl)CC2. The van der Waals surface area contributed by atoms with Gasteiger partial charge in [0.25, 0.3) is 0 Å². The van der Waals surface area contributed by atoms with E-state index in [4.69, 9.17) is 27.1 Å². The van der Waals surface area contributed by atoms with Crippen LogP contribution in [-0.2, 0) is 23.3 Å². The fourth-order valence-electron chi connectivity index (χ4n) is 5.11. The highest BCUT2D eigenvalue weighted by atomic mass is 35.5. The van der Waals surface area contributed by atoms with Crippen molar-refractivity contribution >= 4 is 17.7 Å². The largest absolute Gasteiger partial charge is 0.364 e. The summed E-state index contributed by atoms with van der Waals surface area (Å²) in [5.41, 5.74) is 8.48. The molecule has 4 rings (SSSR count). The fraction of sp³-hybridized carbons (Fsp3) is 0.750. The van der Waals surface area contributed by atoms with Crippen molar-refractivity contribution in [3.8, 4) is 0 Å². The molecule has 0 aromatic carbocycles. The molecule has 0 amide bonds. The second kappa shape index (κ2) is 6.11. The number of hydrogen-bond acceptors (Lipinski definition) is 3. The van der Waals surface area contributed by atoms with E-state index in [0.717, 1.165) is 62.3 Å². The van der Waals surface area contributed by atoms with Gasteiger partial charge in [-0.3, -0.25) is 0 Å². The van der Waals surface area contributed by atoms with Gasteiger partial charge in [0, 0.05) is 17.6 Å². The molecule has 0 spiro atoms. The molecule has 2 heterocycles. The number of aryl methyl sites for hydroxylation is 1. The third-order valence-electron chi connectivity index (χ3n) is 6.65. The molecule has 0 bridgehead atoms. The fourth-order valence-corrected chi connectivity index (χ4v) is 5.31. The zero-order valence-electron chi connectivity index (χ0n) is 15.6. The minimum atomic E-state index is -0.320. The van der Waals surface area contributed by atoms with Crippen molar-refractivity contribution in [1.82, 2.24) is 9.55 Å². The molecule has 25 heavy (non-hydrogen) atoms. The van der Waals surface area contributed by atoms with Crippen LogP contribution >= 0.6 is 11.6 Å². The third-order valence-corrected chi connectivity index (χ3v) is 6.95. The van der Waals surface area contributed by atoms with Crippen LogP contribution in [0.25, 0.3) is 6.08 Å². The van der Waals surface area contributed by atoms with Crippen LogP contribution in [0, 0.1) is 5.41 Å². The highest BCUT2D eigenvalue weighted by molar-refractivity contribution is 6.31. The lowest BCUT2D eigenvalue weighted by molar-refractivity contribution is -0.199. The number of imidazole rings is 1. The molecule has 4 nitrogen and oxygen atoms in total. The molecule has 1 aromatic heterocycles. The average Bonchev–Trinajstić information content (AvgIpc) is 2.94. The van der Waals surface area contributed by atoms with Crippen molar-refractivity contribution in [3.63, 3.8) is 0 Å². The van der Waals surface area contributed by atoms with Crippen LogP contribution in [0.5, 0.6) is 0 Å². The molecular formula is C20H30ClN3O. The second-order valence-electron chi connectivity index (χ2n) is 8.64. The Bertz CT molecular complexity index is 712. The zero-order valence-corrected chi connectivity index (χ0v) is 16.4. The third kappa shape index (κ3) is 2.87. The Labute approximate surface area is 155 Å². The van der Waals surface area contributed by atoms with Gasteiger partial charge >= 0.3 is 0 Å². The number of aromatic nitrogens is 2. The topological polar surface area (TPSA) is 53.1 Å². The maximum absolute atomic E-state index is 6.77. The lowest BCUT2D eigenvalue weighted by Crippen LogP contribution is -2.52. The van der Waals surface area contributed by atoms with Crippen LogP contribution in [0.1, 0.15) is 76.5 Å². The van der Waals surface area contributed by atoms with Crippen LogP contribution < -0.4 is 5.73 Å². The quantitative estimate of drug-likeness (QED) is 0.850. The molecule has 1 saturated heterocycles. The summed E-state index contributed by atoms with van der Waals surface area (Å²) in [6.45, 7) is 7.66. The number of fused-ring (bicyclic) bond motifs is 2. The van der Waals surface area contributed by atoms with Gasteiger partial charge in [-0.2, -0.15) is 0 Å². The van der Waals surface area contributed by atoms with Gasteiger partial charge in [0.2, 0.25) is 0 Å². The highest BCUT2D eigenvalue weighted by Crippen LogP contribution is 2.51. The average molecular weight is 364 g/mol. The van der Waals surface area contributed by atoms with Crippen LogP contribution in [0.3, 0.4) is 0 Å². The Morgan fingerprint density at radius 1 is 1.32 bits per heavy atom. The summed E-state index contributed by atoms with van der Waals surface area (Å²) >= 11 is 6.30. The minimum Gasteiger partial charge on any atom is -0.364 e. The summed E-state index contributed by atoms with van der Waals surface area (Å²) in [7, 11) is 0. The van der Waals surface area contributed by atoms with E-state index in [2.05, 4.69) is 31.4 Å². The summed E-state index contributed by atoms with van der Waals surface area (Å²) in [6, 6.07) is 0.325. The van der Waals surface area contributed by atoms with E-state index in [9.17, 15) is 0 Å². The van der Waals surface area contributed by atoms with Gasteiger partial charge in [-0.05, 0) is 70.3 Å². The van der Waals surface area contributed by atoms with Crippen molar-refractivity contribution in [2.45, 2.75) is 90.0 Å². The summed E-state index contributed by atoms with van der Waals surface area (Å²) in [6.07, 6.45) is 9.55. The molecule has 2 N–H and O–H groups in total. The van der Waals surface area contributed by atoms with E-state index in [1.54, 1.807) is 0 Å². The molecule has 1 aliphatic heterocycles. The number of nitrogens with zero attached hydrogens (tertiary/aromatic N) is 2. The van der Waals surface area contributed by atoms with E-state index in [0.29, 0.717) is 6.04 Å². The number of rotatable bonds is 2. The molecule has 4 unspecified atom stereocenters. The van der Waals surface area contributed by atoms with Crippen LogP contribution in [0.2, 0.25) is 0 Å². The minimum absolute atomic E-state index is 0.212. The zero-order chi connectivity index (χ0) is 17.8. The number of nitrogens with two attached hydrogens (primary N) is 1. The smallest absolute Gasteiger partial charge is 0.141 e. The maximum atomic E-state index is 6.77. The van der Waals surface area contributed by atoms with E-state index < -0.39 is 0 Å². The summed E-state index contributed by atoms with van der Waals surface area (Å²) in [5, 5.41) is 0.928. The lowest BCUT2D eigenvalue weighted by atomic mass is 9.65. The van der Waals surface area contributed by atoms with Gasteiger partial charge in [-0.1, -0.05) is 18.5 Å². The van der Waals surface area contributed by atoms with Gasteiger partial charge < -0.3 is 15.0 Å². The standard InChI is InChI=1S/C20H30ClN3O/c1-4-24-16-11-13(21)5-7-15(16)23-18(24)20(3)10-9-19(2)12-14(22)6-8-17(19)25-20/h11,14,17H,4-10,12,22H2,1-3H3. The monoisotopic (exact) mass is 363 g/mol. The Kier molecular flexibility index (Phi) is 4.29. The summed E-state index contributed by atoms with van der Waals surface area (Å²) in [4.78, 5) is 5.04. The molecule has 1 saturated carbocycles. The van der Waals surface area contributed by atoms with Gasteiger partial charge in [0.15, 0.2) is 0 Å². The predicted molar refractivity (Wildman–Crippen MR) is 101 cm³/mol. The van der Waals surface area contributed by atoms with E-state index >= 15 is 0 Å². The number of allylic oxidation sites excluding steroid dienone is 1. The number of ether oxygens (including phenoxy) is 1. The lowest BCUT2D eigenvalue weighted by Gasteiger charge is -2.52. The molecule has 138 valence electrons.